The summed E-state index contributed by atoms with van der Waals surface area (Å²) in [7, 11) is 0. The number of carbonyl (C=O) groups excluding carboxylic acids is 2. The normalized spacial score (nSPS) is 18.1. The van der Waals surface area contributed by atoms with E-state index in [1.165, 1.54) is 0 Å². The van der Waals surface area contributed by atoms with Gasteiger partial charge in [0.1, 0.15) is 11.5 Å². The molecular weight excluding hydrogens is 426 g/mol. The van der Waals surface area contributed by atoms with Crippen molar-refractivity contribution in [3.8, 4) is 5.75 Å². The zero-order valence-corrected chi connectivity index (χ0v) is 21.4. The molecule has 1 N–H and O–H groups in total. The monoisotopic (exact) mass is 463 g/mol. The van der Waals surface area contributed by atoms with Crippen LogP contribution in [-0.2, 0) is 15.0 Å². The highest BCUT2D eigenvalue weighted by Crippen LogP contribution is 2.43. The van der Waals surface area contributed by atoms with E-state index in [-0.39, 0.29) is 22.9 Å². The van der Waals surface area contributed by atoms with Crippen LogP contribution in [0.25, 0.3) is 5.76 Å². The minimum absolute atomic E-state index is 0.0789. The van der Waals surface area contributed by atoms with Gasteiger partial charge in [0.15, 0.2) is 0 Å². The number of para-hydroxylation sites is 1. The number of hydrogen-bond donors (Lipinski definition) is 1. The lowest BCUT2D eigenvalue weighted by Crippen LogP contribution is -2.31. The van der Waals surface area contributed by atoms with E-state index in [1.54, 1.807) is 4.90 Å². The topological polar surface area (TPSA) is 66.8 Å². The van der Waals surface area contributed by atoms with Gasteiger partial charge in [0.25, 0.3) is 11.7 Å². The third-order valence-corrected chi connectivity index (χ3v) is 6.23. The molecule has 2 aromatic rings. The van der Waals surface area contributed by atoms with Crippen molar-refractivity contribution < 1.29 is 19.4 Å². The van der Waals surface area contributed by atoms with Gasteiger partial charge in [0.2, 0.25) is 0 Å². The molecule has 1 aliphatic heterocycles. The first-order valence-corrected chi connectivity index (χ1v) is 12.1. The first-order chi connectivity index (χ1) is 16.0. The second kappa shape index (κ2) is 10.0. The standard InChI is InChI=1S/C29H37NO4/c1-8-9-16-30-25(21-12-10-11-13-23(21)34-18(2)3)24(27(32)28(30)33)26(31)22-17-20(29(5,6)7)15-14-19(22)4/h10-15,17-18,25,31H,8-9,16H2,1-7H3/b26-24+. The molecule has 2 aromatic carbocycles. The van der Waals surface area contributed by atoms with Crippen LogP contribution < -0.4 is 4.74 Å². The number of Topliss-reactive ketones (excluding diaryl/α,β-unsaturated/α-hetero) is 1. The van der Waals surface area contributed by atoms with Crippen LogP contribution >= 0.6 is 0 Å². The van der Waals surface area contributed by atoms with Crippen LogP contribution in [0.15, 0.2) is 48.0 Å². The number of aryl methyl sites for hydroxylation is 1. The molecule has 1 atom stereocenters. The fourth-order valence-corrected chi connectivity index (χ4v) is 4.32. The average molecular weight is 464 g/mol. The molecule has 1 aliphatic rings. The molecule has 0 spiro atoms. The number of rotatable bonds is 7. The van der Waals surface area contributed by atoms with Gasteiger partial charge in [-0.15, -0.1) is 0 Å². The molecule has 5 heteroatoms. The number of ether oxygens (including phenoxy) is 1. The van der Waals surface area contributed by atoms with Crippen molar-refractivity contribution in [1.29, 1.82) is 0 Å². The van der Waals surface area contributed by atoms with Crippen LogP contribution in [0, 0.1) is 6.92 Å². The summed E-state index contributed by atoms with van der Waals surface area (Å²) in [4.78, 5) is 28.1. The van der Waals surface area contributed by atoms with E-state index in [1.807, 2.05) is 70.2 Å². The van der Waals surface area contributed by atoms with Gasteiger partial charge in [-0.1, -0.05) is 64.4 Å². The quantitative estimate of drug-likeness (QED) is 0.297. The van der Waals surface area contributed by atoms with Crippen LogP contribution in [0.2, 0.25) is 0 Å². The lowest BCUT2D eigenvalue weighted by atomic mass is 9.84. The second-order valence-corrected chi connectivity index (χ2v) is 10.3. The third-order valence-electron chi connectivity index (χ3n) is 6.23. The van der Waals surface area contributed by atoms with Gasteiger partial charge in [-0.05, 0) is 55.9 Å². The number of nitrogens with zero attached hydrogens (tertiary/aromatic N) is 1. The molecule has 1 fully saturated rings. The molecule has 3 rings (SSSR count). The summed E-state index contributed by atoms with van der Waals surface area (Å²) >= 11 is 0. The summed E-state index contributed by atoms with van der Waals surface area (Å²) in [5.74, 6) is -0.759. The molecule has 182 valence electrons. The number of amides is 1. The van der Waals surface area contributed by atoms with E-state index >= 15 is 0 Å². The number of ketones is 1. The lowest BCUT2D eigenvalue weighted by Gasteiger charge is -2.27. The summed E-state index contributed by atoms with van der Waals surface area (Å²) in [6, 6.07) is 12.7. The Morgan fingerprint density at radius 2 is 1.79 bits per heavy atom. The maximum atomic E-state index is 13.4. The molecule has 5 nitrogen and oxygen atoms in total. The fraction of sp³-hybridized carbons (Fsp3) is 0.448. The zero-order chi connectivity index (χ0) is 25.2. The van der Waals surface area contributed by atoms with Crippen molar-refractivity contribution in [2.24, 2.45) is 0 Å². The van der Waals surface area contributed by atoms with Gasteiger partial charge in [0, 0.05) is 17.7 Å². The molecule has 1 heterocycles. The van der Waals surface area contributed by atoms with E-state index < -0.39 is 17.7 Å². The molecule has 0 aliphatic carbocycles. The van der Waals surface area contributed by atoms with Crippen molar-refractivity contribution in [2.45, 2.75) is 78.9 Å². The number of likely N-dealkylation sites (tertiary alicyclic amines) is 1. The Kier molecular flexibility index (Phi) is 7.54. The van der Waals surface area contributed by atoms with Crippen molar-refractivity contribution in [1.82, 2.24) is 4.90 Å². The minimum Gasteiger partial charge on any atom is -0.507 e. The highest BCUT2D eigenvalue weighted by atomic mass is 16.5. The van der Waals surface area contributed by atoms with Crippen LogP contribution in [0.1, 0.15) is 82.7 Å². The molecule has 0 aromatic heterocycles. The molecule has 1 amide bonds. The SMILES string of the molecule is CCCCN1C(=O)C(=O)/C(=C(/O)c2cc(C(C)(C)C)ccc2C)C1c1ccccc1OC(C)C. The maximum Gasteiger partial charge on any atom is 0.295 e. The third kappa shape index (κ3) is 5.03. The predicted octanol–water partition coefficient (Wildman–Crippen LogP) is 6.30. The van der Waals surface area contributed by atoms with Crippen molar-refractivity contribution in [3.63, 3.8) is 0 Å². The second-order valence-electron chi connectivity index (χ2n) is 10.3. The summed E-state index contributed by atoms with van der Waals surface area (Å²) in [6.45, 7) is 14.6. The van der Waals surface area contributed by atoms with Crippen molar-refractivity contribution in [3.05, 3.63) is 70.3 Å². The van der Waals surface area contributed by atoms with Crippen molar-refractivity contribution in [2.75, 3.05) is 6.54 Å². The van der Waals surface area contributed by atoms with Crippen LogP contribution in [-0.4, -0.2) is 34.3 Å². The number of hydrogen-bond acceptors (Lipinski definition) is 4. The molecule has 1 unspecified atom stereocenters. The zero-order valence-electron chi connectivity index (χ0n) is 21.4. The number of aliphatic hydroxyl groups excluding tert-OH is 1. The Labute approximate surface area is 203 Å². The first kappa shape index (κ1) is 25.5. The van der Waals surface area contributed by atoms with Gasteiger partial charge < -0.3 is 14.7 Å². The van der Waals surface area contributed by atoms with Crippen molar-refractivity contribution >= 4 is 17.4 Å². The average Bonchev–Trinajstić information content (AvgIpc) is 3.01. The van der Waals surface area contributed by atoms with E-state index in [2.05, 4.69) is 20.8 Å². The predicted molar refractivity (Wildman–Crippen MR) is 136 cm³/mol. The Morgan fingerprint density at radius 3 is 2.41 bits per heavy atom. The van der Waals surface area contributed by atoms with Gasteiger partial charge in [-0.25, -0.2) is 0 Å². The summed E-state index contributed by atoms with van der Waals surface area (Å²) < 4.78 is 6.05. The molecule has 0 bridgehead atoms. The lowest BCUT2D eigenvalue weighted by molar-refractivity contribution is -0.139. The largest absolute Gasteiger partial charge is 0.507 e. The molecular formula is C29H37NO4. The number of unbranched alkanes of at least 4 members (excludes halogenated alkanes) is 1. The maximum absolute atomic E-state index is 13.4. The van der Waals surface area contributed by atoms with Crippen LogP contribution in [0.4, 0.5) is 0 Å². The van der Waals surface area contributed by atoms with Gasteiger partial charge >= 0.3 is 0 Å². The number of carbonyl (C=O) groups is 2. The van der Waals surface area contributed by atoms with E-state index in [0.29, 0.717) is 23.4 Å². The summed E-state index contributed by atoms with van der Waals surface area (Å²) in [5.41, 5.74) is 3.16. The Balaban J connectivity index is 2.27. The smallest absolute Gasteiger partial charge is 0.295 e. The number of aliphatic hydroxyl groups is 1. The highest BCUT2D eigenvalue weighted by molar-refractivity contribution is 6.46. The van der Waals surface area contributed by atoms with Crippen LogP contribution in [0.5, 0.6) is 5.75 Å². The Morgan fingerprint density at radius 1 is 1.12 bits per heavy atom. The van der Waals surface area contributed by atoms with Gasteiger partial charge in [-0.3, -0.25) is 9.59 Å². The van der Waals surface area contributed by atoms with Gasteiger partial charge in [0.05, 0.1) is 17.7 Å². The minimum atomic E-state index is -0.709. The van der Waals surface area contributed by atoms with E-state index in [4.69, 9.17) is 4.74 Å². The summed E-state index contributed by atoms with van der Waals surface area (Å²) in [6.07, 6.45) is 1.56. The van der Waals surface area contributed by atoms with E-state index in [0.717, 1.165) is 24.0 Å². The summed E-state index contributed by atoms with van der Waals surface area (Å²) in [5, 5.41) is 11.6. The van der Waals surface area contributed by atoms with Gasteiger partial charge in [-0.2, -0.15) is 0 Å². The van der Waals surface area contributed by atoms with Crippen LogP contribution in [0.3, 0.4) is 0 Å². The Hall–Kier alpha value is -3.08. The Bertz CT molecular complexity index is 1110. The first-order valence-electron chi connectivity index (χ1n) is 12.1. The fourth-order valence-electron chi connectivity index (χ4n) is 4.32. The molecule has 34 heavy (non-hydrogen) atoms. The van der Waals surface area contributed by atoms with E-state index in [9.17, 15) is 14.7 Å². The molecule has 0 radical (unpaired) electrons. The molecule has 1 saturated heterocycles. The highest BCUT2D eigenvalue weighted by Gasteiger charge is 2.47. The molecule has 0 saturated carbocycles. The number of benzene rings is 2.